The smallest absolute Gasteiger partial charge is 0.311 e. The third kappa shape index (κ3) is 6.52. The molecule has 0 aliphatic carbocycles. The van der Waals surface area contributed by atoms with Crippen LogP contribution < -0.4 is 11.1 Å². The maximum absolute atomic E-state index is 12.2. The number of nitrogens with two attached hydrogens (primary N) is 1. The number of thiocarbonyl (C=S) groups is 1. The molecule has 5 heteroatoms. The van der Waals surface area contributed by atoms with Gasteiger partial charge < -0.3 is 15.8 Å². The molecule has 0 aromatic heterocycles. The quantitative estimate of drug-likeness (QED) is 0.642. The number of carbonyl (C=O) groups is 1. The molecule has 1 atom stereocenters. The van der Waals surface area contributed by atoms with E-state index in [0.717, 1.165) is 5.56 Å². The number of nitrogens with one attached hydrogen (secondary N) is 1. The van der Waals surface area contributed by atoms with E-state index in [2.05, 4.69) is 5.32 Å². The Morgan fingerprint density at radius 1 is 1.35 bits per heavy atom. The summed E-state index contributed by atoms with van der Waals surface area (Å²) in [5.41, 5.74) is 6.00. The fraction of sp³-hybridized carbons (Fsp3) is 0.467. The van der Waals surface area contributed by atoms with Crippen LogP contribution in [0.4, 0.5) is 0 Å². The van der Waals surface area contributed by atoms with Crippen LogP contribution in [0.25, 0.3) is 0 Å². The zero-order chi connectivity index (χ0) is 15.2. The van der Waals surface area contributed by atoms with Crippen molar-refractivity contribution in [2.24, 2.45) is 11.7 Å². The molecule has 20 heavy (non-hydrogen) atoms. The van der Waals surface area contributed by atoms with Crippen molar-refractivity contribution in [2.45, 2.75) is 32.8 Å². The van der Waals surface area contributed by atoms with Crippen molar-refractivity contribution in [2.75, 3.05) is 6.54 Å². The van der Waals surface area contributed by atoms with Crippen molar-refractivity contribution in [3.05, 3.63) is 35.9 Å². The van der Waals surface area contributed by atoms with Crippen LogP contribution >= 0.6 is 12.2 Å². The Bertz CT molecular complexity index is 455. The second kappa shape index (κ2) is 7.24. The van der Waals surface area contributed by atoms with E-state index in [1.54, 1.807) is 0 Å². The van der Waals surface area contributed by atoms with Crippen molar-refractivity contribution >= 4 is 23.3 Å². The molecule has 1 aromatic carbocycles. The summed E-state index contributed by atoms with van der Waals surface area (Å²) >= 11 is 4.79. The summed E-state index contributed by atoms with van der Waals surface area (Å²) in [7, 11) is 0. The minimum Gasteiger partial charge on any atom is -0.460 e. The fourth-order valence-electron chi connectivity index (χ4n) is 1.75. The lowest BCUT2D eigenvalue weighted by Crippen LogP contribution is -2.39. The second-order valence-electron chi connectivity index (χ2n) is 5.67. The van der Waals surface area contributed by atoms with Gasteiger partial charge in [-0.3, -0.25) is 4.79 Å². The summed E-state index contributed by atoms with van der Waals surface area (Å²) in [6.07, 6.45) is 0.589. The normalized spacial score (nSPS) is 12.6. The number of esters is 1. The summed E-state index contributed by atoms with van der Waals surface area (Å²) in [5, 5.41) is 3.03. The van der Waals surface area contributed by atoms with Crippen LogP contribution in [0.2, 0.25) is 0 Å². The van der Waals surface area contributed by atoms with E-state index in [9.17, 15) is 4.79 Å². The van der Waals surface area contributed by atoms with E-state index in [1.165, 1.54) is 0 Å². The first kappa shape index (κ1) is 16.4. The highest BCUT2D eigenvalue weighted by atomic mass is 32.1. The van der Waals surface area contributed by atoms with Gasteiger partial charge in [-0.15, -0.1) is 0 Å². The van der Waals surface area contributed by atoms with Crippen molar-refractivity contribution in [1.82, 2.24) is 5.32 Å². The van der Waals surface area contributed by atoms with Crippen LogP contribution in [0.1, 0.15) is 26.3 Å². The Labute approximate surface area is 125 Å². The predicted molar refractivity (Wildman–Crippen MR) is 84.3 cm³/mol. The first-order chi connectivity index (χ1) is 9.28. The average Bonchev–Trinajstić information content (AvgIpc) is 2.33. The molecule has 0 aliphatic heterocycles. The van der Waals surface area contributed by atoms with Gasteiger partial charge in [-0.1, -0.05) is 30.3 Å². The standard InChI is InChI=1S/C15H22N2O2S/c1-15(2,3)19-13(18)12(10-17-14(16)20)9-11-7-5-4-6-8-11/h4-8,12H,9-10H2,1-3H3,(H3,16,17,20). The zero-order valence-electron chi connectivity index (χ0n) is 12.2. The minimum absolute atomic E-state index is 0.187. The fourth-order valence-corrected chi connectivity index (χ4v) is 1.83. The molecule has 4 nitrogen and oxygen atoms in total. The summed E-state index contributed by atoms with van der Waals surface area (Å²) in [6.45, 7) is 5.93. The summed E-state index contributed by atoms with van der Waals surface area (Å²) in [6, 6.07) is 9.81. The van der Waals surface area contributed by atoms with Gasteiger partial charge in [0.05, 0.1) is 5.92 Å². The number of benzene rings is 1. The highest BCUT2D eigenvalue weighted by Crippen LogP contribution is 2.15. The lowest BCUT2D eigenvalue weighted by atomic mass is 9.99. The molecule has 0 radical (unpaired) electrons. The number of ether oxygens (including phenoxy) is 1. The molecule has 1 rings (SSSR count). The second-order valence-corrected chi connectivity index (χ2v) is 6.11. The average molecular weight is 294 g/mol. The van der Waals surface area contributed by atoms with Crippen LogP contribution in [0.3, 0.4) is 0 Å². The largest absolute Gasteiger partial charge is 0.460 e. The van der Waals surface area contributed by atoms with Gasteiger partial charge in [0, 0.05) is 6.54 Å². The monoisotopic (exact) mass is 294 g/mol. The molecule has 0 saturated carbocycles. The first-order valence-electron chi connectivity index (χ1n) is 6.58. The van der Waals surface area contributed by atoms with E-state index in [4.69, 9.17) is 22.7 Å². The molecule has 0 fully saturated rings. The molecule has 0 spiro atoms. The van der Waals surface area contributed by atoms with E-state index in [-0.39, 0.29) is 17.0 Å². The maximum Gasteiger partial charge on any atom is 0.311 e. The van der Waals surface area contributed by atoms with E-state index >= 15 is 0 Å². The van der Waals surface area contributed by atoms with Crippen LogP contribution in [-0.4, -0.2) is 23.2 Å². The third-order valence-corrected chi connectivity index (χ3v) is 2.73. The molecule has 0 bridgehead atoms. The van der Waals surface area contributed by atoms with Crippen LogP contribution in [0.15, 0.2) is 30.3 Å². The molecule has 110 valence electrons. The SMILES string of the molecule is CC(C)(C)OC(=O)C(CNC(N)=S)Cc1ccccc1. The van der Waals surface area contributed by atoms with E-state index < -0.39 is 5.60 Å². The van der Waals surface area contributed by atoms with Gasteiger partial charge >= 0.3 is 5.97 Å². The van der Waals surface area contributed by atoms with E-state index in [0.29, 0.717) is 13.0 Å². The van der Waals surface area contributed by atoms with Gasteiger partial charge in [-0.2, -0.15) is 0 Å². The number of hydrogen-bond donors (Lipinski definition) is 2. The zero-order valence-corrected chi connectivity index (χ0v) is 13.0. The molecule has 0 saturated heterocycles. The molecule has 0 amide bonds. The summed E-state index contributed by atoms with van der Waals surface area (Å²) in [4.78, 5) is 12.2. The van der Waals surface area contributed by atoms with Crippen molar-refractivity contribution in [3.8, 4) is 0 Å². The summed E-state index contributed by atoms with van der Waals surface area (Å²) < 4.78 is 5.44. The van der Waals surface area contributed by atoms with Gasteiger partial charge in [-0.25, -0.2) is 0 Å². The molecule has 0 heterocycles. The Kier molecular flexibility index (Phi) is 5.95. The minimum atomic E-state index is -0.505. The molecule has 3 N–H and O–H groups in total. The number of hydrogen-bond acceptors (Lipinski definition) is 3. The third-order valence-electron chi connectivity index (χ3n) is 2.59. The predicted octanol–water partition coefficient (Wildman–Crippen LogP) is 2.02. The van der Waals surface area contributed by atoms with Gasteiger partial charge in [0.15, 0.2) is 5.11 Å². The highest BCUT2D eigenvalue weighted by molar-refractivity contribution is 7.80. The Hall–Kier alpha value is -1.62. The van der Waals surface area contributed by atoms with Crippen LogP contribution in [-0.2, 0) is 16.0 Å². The highest BCUT2D eigenvalue weighted by Gasteiger charge is 2.25. The Morgan fingerprint density at radius 2 is 1.95 bits per heavy atom. The van der Waals surface area contributed by atoms with Gasteiger partial charge in [-0.05, 0) is 45.0 Å². The lowest BCUT2D eigenvalue weighted by Gasteiger charge is -2.24. The first-order valence-corrected chi connectivity index (χ1v) is 6.99. The lowest BCUT2D eigenvalue weighted by molar-refractivity contribution is -0.159. The Balaban J connectivity index is 2.74. The van der Waals surface area contributed by atoms with Crippen molar-refractivity contribution in [3.63, 3.8) is 0 Å². The maximum atomic E-state index is 12.2. The van der Waals surface area contributed by atoms with Crippen molar-refractivity contribution < 1.29 is 9.53 Å². The van der Waals surface area contributed by atoms with Crippen LogP contribution in [0.5, 0.6) is 0 Å². The summed E-state index contributed by atoms with van der Waals surface area (Å²) in [5.74, 6) is -0.566. The molecular formula is C15H22N2O2S. The molecule has 1 unspecified atom stereocenters. The van der Waals surface area contributed by atoms with Gasteiger partial charge in [0.1, 0.15) is 5.60 Å². The topological polar surface area (TPSA) is 64.3 Å². The molecular weight excluding hydrogens is 272 g/mol. The van der Waals surface area contributed by atoms with E-state index in [1.807, 2.05) is 51.1 Å². The number of rotatable bonds is 5. The Morgan fingerprint density at radius 3 is 2.45 bits per heavy atom. The molecule has 0 aliphatic rings. The number of carbonyl (C=O) groups excluding carboxylic acids is 1. The van der Waals surface area contributed by atoms with Gasteiger partial charge in [0.2, 0.25) is 0 Å². The van der Waals surface area contributed by atoms with Crippen molar-refractivity contribution in [1.29, 1.82) is 0 Å². The van der Waals surface area contributed by atoms with Crippen LogP contribution in [0, 0.1) is 5.92 Å². The molecule has 1 aromatic rings. The van der Waals surface area contributed by atoms with Gasteiger partial charge in [0.25, 0.3) is 0 Å².